The first kappa shape index (κ1) is 30.5. The van der Waals surface area contributed by atoms with E-state index in [9.17, 15) is 26.4 Å². The molecule has 2 aromatic rings. The second kappa shape index (κ2) is 12.2. The molecule has 0 aliphatic heterocycles. The number of aryl methyl sites for hydroxylation is 1. The second-order valence-electron chi connectivity index (χ2n) is 9.17. The number of benzene rings is 1. The number of nitrogens with zero attached hydrogens (tertiary/aromatic N) is 3. The average molecular weight is 544 g/mol. The van der Waals surface area contributed by atoms with Crippen LogP contribution in [0.25, 0.3) is 0 Å². The molecule has 0 unspecified atom stereocenters. The van der Waals surface area contributed by atoms with Gasteiger partial charge < -0.3 is 10.6 Å². The van der Waals surface area contributed by atoms with Crippen molar-refractivity contribution in [1.82, 2.24) is 14.3 Å². The van der Waals surface area contributed by atoms with E-state index in [-0.39, 0.29) is 49.9 Å². The monoisotopic (exact) mass is 543 g/mol. The van der Waals surface area contributed by atoms with E-state index in [0.717, 1.165) is 30.9 Å². The minimum atomic E-state index is -4.64. The normalized spacial score (nSPS) is 18.3. The van der Waals surface area contributed by atoms with Crippen molar-refractivity contribution >= 4 is 33.3 Å². The Morgan fingerprint density at radius 2 is 1.89 bits per heavy atom. The van der Waals surface area contributed by atoms with Gasteiger partial charge in [0.2, 0.25) is 21.9 Å². The third-order valence-corrected chi connectivity index (χ3v) is 7.78. The lowest BCUT2D eigenvalue weighted by atomic mass is 9.81. The van der Waals surface area contributed by atoms with Gasteiger partial charge in [-0.25, -0.2) is 18.4 Å². The van der Waals surface area contributed by atoms with Crippen molar-refractivity contribution in [3.05, 3.63) is 41.2 Å². The van der Waals surface area contributed by atoms with Crippen LogP contribution in [0.5, 0.6) is 0 Å². The third kappa shape index (κ3) is 7.88. The molecular formula is C25H36F3N5O3S. The van der Waals surface area contributed by atoms with Gasteiger partial charge in [-0.15, -0.1) is 0 Å². The van der Waals surface area contributed by atoms with Crippen LogP contribution in [0.1, 0.15) is 63.8 Å². The summed E-state index contributed by atoms with van der Waals surface area (Å²) in [5.74, 6) is -0.503. The molecule has 1 aromatic carbocycles. The number of anilines is 3. The van der Waals surface area contributed by atoms with Gasteiger partial charge in [-0.2, -0.15) is 17.5 Å². The highest BCUT2D eigenvalue weighted by molar-refractivity contribution is 7.88. The average Bonchev–Trinajstić information content (AvgIpc) is 2.75. The van der Waals surface area contributed by atoms with Gasteiger partial charge in [0.25, 0.3) is 0 Å². The molecule has 1 amide bonds. The van der Waals surface area contributed by atoms with E-state index >= 15 is 0 Å². The van der Waals surface area contributed by atoms with Crippen molar-refractivity contribution in [2.24, 2.45) is 5.92 Å². The topological polar surface area (TPSA) is 104 Å². The number of sulfonamides is 1. The molecule has 1 heterocycles. The Hall–Kier alpha value is -2.73. The maximum absolute atomic E-state index is 13.8. The SMILES string of the molecule is C.CCN([C@@H]1CCCC[C@H]1Cc1nc(Nc2ccc(NC(C)=O)c(C)c2)ncc1C(F)(F)F)S(C)(=O)=O. The van der Waals surface area contributed by atoms with Crippen LogP contribution in [-0.2, 0) is 27.4 Å². The molecule has 2 atom stereocenters. The van der Waals surface area contributed by atoms with E-state index in [1.54, 1.807) is 32.0 Å². The summed E-state index contributed by atoms with van der Waals surface area (Å²) in [4.78, 5) is 19.4. The number of carbonyl (C=O) groups excluding carboxylic acids is 1. The molecular weight excluding hydrogens is 507 g/mol. The van der Waals surface area contributed by atoms with Crippen LogP contribution in [0.15, 0.2) is 24.4 Å². The minimum Gasteiger partial charge on any atom is -0.326 e. The molecule has 0 spiro atoms. The lowest BCUT2D eigenvalue weighted by Crippen LogP contribution is -2.46. The number of nitrogens with one attached hydrogen (secondary N) is 2. The van der Waals surface area contributed by atoms with Crippen molar-refractivity contribution in [2.45, 2.75) is 72.5 Å². The molecule has 1 aliphatic rings. The fraction of sp³-hybridized carbons (Fsp3) is 0.560. The maximum atomic E-state index is 13.8. The van der Waals surface area contributed by atoms with Gasteiger partial charge in [0.15, 0.2) is 0 Å². The van der Waals surface area contributed by atoms with Crippen molar-refractivity contribution in [3.8, 4) is 0 Å². The summed E-state index contributed by atoms with van der Waals surface area (Å²) in [6.07, 6.45) is 0.112. The third-order valence-electron chi connectivity index (χ3n) is 6.40. The van der Waals surface area contributed by atoms with Crippen molar-refractivity contribution in [1.29, 1.82) is 0 Å². The van der Waals surface area contributed by atoms with Gasteiger partial charge in [-0.3, -0.25) is 4.79 Å². The largest absolute Gasteiger partial charge is 0.419 e. The fourth-order valence-corrected chi connectivity index (χ4v) is 6.08. The van der Waals surface area contributed by atoms with Gasteiger partial charge in [-0.05, 0) is 55.9 Å². The van der Waals surface area contributed by atoms with Crippen LogP contribution in [0.3, 0.4) is 0 Å². The molecule has 12 heteroatoms. The molecule has 0 radical (unpaired) electrons. The number of carbonyl (C=O) groups is 1. The smallest absolute Gasteiger partial charge is 0.326 e. The summed E-state index contributed by atoms with van der Waals surface area (Å²) in [5.41, 5.74) is 0.853. The van der Waals surface area contributed by atoms with Gasteiger partial charge in [0.05, 0.1) is 17.5 Å². The van der Waals surface area contributed by atoms with Crippen LogP contribution in [0.2, 0.25) is 0 Å². The second-order valence-corrected chi connectivity index (χ2v) is 11.1. The number of aromatic nitrogens is 2. The predicted molar refractivity (Wildman–Crippen MR) is 139 cm³/mol. The lowest BCUT2D eigenvalue weighted by molar-refractivity contribution is -0.138. The quantitative estimate of drug-likeness (QED) is 0.454. The van der Waals surface area contributed by atoms with Crippen molar-refractivity contribution in [3.63, 3.8) is 0 Å². The Bertz CT molecular complexity index is 1200. The first-order chi connectivity index (χ1) is 16.8. The predicted octanol–water partition coefficient (Wildman–Crippen LogP) is 5.52. The van der Waals surface area contributed by atoms with Crippen LogP contribution in [0, 0.1) is 12.8 Å². The molecule has 1 saturated carbocycles. The molecule has 1 aliphatic carbocycles. The van der Waals surface area contributed by atoms with E-state index in [1.165, 1.54) is 11.2 Å². The van der Waals surface area contributed by atoms with Crippen LogP contribution < -0.4 is 10.6 Å². The molecule has 0 saturated heterocycles. The lowest BCUT2D eigenvalue weighted by Gasteiger charge is -2.38. The highest BCUT2D eigenvalue weighted by atomic mass is 32.2. The summed E-state index contributed by atoms with van der Waals surface area (Å²) in [6, 6.07) is 4.70. The molecule has 206 valence electrons. The highest BCUT2D eigenvalue weighted by Crippen LogP contribution is 2.37. The van der Waals surface area contributed by atoms with Crippen LogP contribution in [0.4, 0.5) is 30.5 Å². The number of hydrogen-bond acceptors (Lipinski definition) is 6. The molecule has 2 N–H and O–H groups in total. The summed E-state index contributed by atoms with van der Waals surface area (Å²) in [6.45, 7) is 5.19. The summed E-state index contributed by atoms with van der Waals surface area (Å²) >= 11 is 0. The van der Waals surface area contributed by atoms with Crippen molar-refractivity contribution in [2.75, 3.05) is 23.4 Å². The Morgan fingerprint density at radius 1 is 1.22 bits per heavy atom. The zero-order valence-electron chi connectivity index (χ0n) is 20.8. The van der Waals surface area contributed by atoms with E-state index in [0.29, 0.717) is 24.2 Å². The van der Waals surface area contributed by atoms with E-state index in [4.69, 9.17) is 0 Å². The summed E-state index contributed by atoms with van der Waals surface area (Å²) < 4.78 is 67.6. The molecule has 1 fully saturated rings. The fourth-order valence-electron chi connectivity index (χ4n) is 4.84. The molecule has 3 rings (SSSR count). The van der Waals surface area contributed by atoms with Crippen LogP contribution >= 0.6 is 0 Å². The molecule has 37 heavy (non-hydrogen) atoms. The molecule has 0 bridgehead atoms. The van der Waals surface area contributed by atoms with Gasteiger partial charge in [-0.1, -0.05) is 27.2 Å². The zero-order valence-corrected chi connectivity index (χ0v) is 21.6. The summed E-state index contributed by atoms with van der Waals surface area (Å²) in [7, 11) is -3.50. The van der Waals surface area contributed by atoms with E-state index < -0.39 is 21.8 Å². The molecule has 8 nitrogen and oxygen atoms in total. The Kier molecular flexibility index (Phi) is 10.1. The van der Waals surface area contributed by atoms with Gasteiger partial charge in [0.1, 0.15) is 0 Å². The van der Waals surface area contributed by atoms with E-state index in [1.807, 2.05) is 0 Å². The van der Waals surface area contributed by atoms with E-state index in [2.05, 4.69) is 20.6 Å². The number of hydrogen-bond donors (Lipinski definition) is 2. The van der Waals surface area contributed by atoms with Crippen LogP contribution in [-0.4, -0.2) is 47.4 Å². The zero-order chi connectivity index (χ0) is 26.7. The Morgan fingerprint density at radius 3 is 2.46 bits per heavy atom. The van der Waals surface area contributed by atoms with Crippen molar-refractivity contribution < 1.29 is 26.4 Å². The number of rotatable bonds is 8. The van der Waals surface area contributed by atoms with Gasteiger partial charge >= 0.3 is 6.18 Å². The maximum Gasteiger partial charge on any atom is 0.419 e. The first-order valence-electron chi connectivity index (χ1n) is 11.8. The Balaban J connectivity index is 0.00000481. The first-order valence-corrected chi connectivity index (χ1v) is 13.7. The Labute approximate surface area is 217 Å². The minimum absolute atomic E-state index is 0. The number of halogens is 3. The molecule has 1 aromatic heterocycles. The summed E-state index contributed by atoms with van der Waals surface area (Å²) in [5, 5.41) is 5.64. The standard InChI is InChI=1S/C24H32F3N5O3S.CH4/c1-5-32(36(4,34)35)22-9-7-6-8-17(22)13-21-19(24(25,26)27)14-28-23(31-21)30-18-10-11-20(15(2)12-18)29-16(3)33;/h10-12,14,17,22H,5-9,13H2,1-4H3,(H,29,33)(H,28,30,31);1H4/t17-,22+;/m0./s1. The van der Waals surface area contributed by atoms with Gasteiger partial charge in [0, 0.05) is 37.1 Å². The highest BCUT2D eigenvalue weighted by Gasteiger charge is 2.39. The number of alkyl halides is 3. The number of amides is 1.